The van der Waals surface area contributed by atoms with E-state index in [0.29, 0.717) is 30.6 Å². The molecule has 0 aromatic heterocycles. The molecular weight excluding hydrogens is 462 g/mol. The average Bonchev–Trinajstić information content (AvgIpc) is 3.17. The van der Waals surface area contributed by atoms with Gasteiger partial charge in [-0.2, -0.15) is 0 Å². The number of aliphatic carboxylic acids is 1. The third-order valence-corrected chi connectivity index (χ3v) is 11.4. The summed E-state index contributed by atoms with van der Waals surface area (Å²) in [5, 5.41) is 54.2. The van der Waals surface area contributed by atoms with Crippen LogP contribution in [0, 0.1) is 46.3 Å². The lowest BCUT2D eigenvalue weighted by Gasteiger charge is -2.63. The van der Waals surface area contributed by atoms with Gasteiger partial charge in [0.2, 0.25) is 5.91 Å². The fourth-order valence-corrected chi connectivity index (χ4v) is 9.41. The summed E-state index contributed by atoms with van der Waals surface area (Å²) in [6.07, 6.45) is 4.07. The van der Waals surface area contributed by atoms with Crippen molar-refractivity contribution in [2.45, 2.75) is 116 Å². The fraction of sp³-hybridized carbons (Fsp3) is 0.929. The summed E-state index contributed by atoms with van der Waals surface area (Å²) in [6.45, 7) is 8.15. The molecule has 4 fully saturated rings. The van der Waals surface area contributed by atoms with Crippen molar-refractivity contribution in [3.05, 3.63) is 0 Å². The van der Waals surface area contributed by atoms with Gasteiger partial charge in [0.1, 0.15) is 0 Å². The van der Waals surface area contributed by atoms with Crippen molar-refractivity contribution in [1.29, 1.82) is 0 Å². The van der Waals surface area contributed by atoms with Crippen LogP contribution in [-0.4, -0.2) is 67.9 Å². The number of rotatable bonds is 7. The van der Waals surface area contributed by atoms with Crippen LogP contribution in [0.15, 0.2) is 0 Å². The number of hydrogen-bond donors (Lipinski definition) is 6. The SMILES string of the molecule is CC(O)C(NC(=O)CC[C@@H](C)[C@H]1CC[C@H]2[C@@H]3[C@@H](O)[C@@H](O)[C@@H]4C[C@H](O)CC[C@]4(C)[C@H]3CC[C@]12C)C(=O)O. The molecule has 0 saturated heterocycles. The lowest BCUT2D eigenvalue weighted by atomic mass is 9.43. The second kappa shape index (κ2) is 10.2. The predicted molar refractivity (Wildman–Crippen MR) is 134 cm³/mol. The van der Waals surface area contributed by atoms with Crippen LogP contribution in [0.5, 0.6) is 0 Å². The largest absolute Gasteiger partial charge is 0.480 e. The molecule has 4 rings (SSSR count). The summed E-state index contributed by atoms with van der Waals surface area (Å²) in [5.74, 6) is -0.292. The number of aliphatic hydroxyl groups is 4. The molecule has 0 aromatic rings. The van der Waals surface area contributed by atoms with Crippen molar-refractivity contribution in [2.24, 2.45) is 46.3 Å². The van der Waals surface area contributed by atoms with Gasteiger partial charge in [-0.1, -0.05) is 20.8 Å². The minimum absolute atomic E-state index is 0.0261. The lowest BCUT2D eigenvalue weighted by Crippen LogP contribution is -2.64. The second-order valence-electron chi connectivity index (χ2n) is 13.2. The maximum Gasteiger partial charge on any atom is 0.328 e. The Hall–Kier alpha value is -1.22. The van der Waals surface area contributed by atoms with Crippen LogP contribution >= 0.6 is 0 Å². The maximum absolute atomic E-state index is 12.4. The molecule has 0 heterocycles. The normalized spacial score (nSPS) is 46.6. The summed E-state index contributed by atoms with van der Waals surface area (Å²) >= 11 is 0. The Bertz CT molecular complexity index is 835. The molecule has 13 atom stereocenters. The molecule has 0 radical (unpaired) electrons. The van der Waals surface area contributed by atoms with Crippen LogP contribution in [0.3, 0.4) is 0 Å². The minimum Gasteiger partial charge on any atom is -0.480 e. The fourth-order valence-electron chi connectivity index (χ4n) is 9.41. The van der Waals surface area contributed by atoms with Gasteiger partial charge in [0, 0.05) is 6.42 Å². The zero-order chi connectivity index (χ0) is 26.6. The molecule has 0 aliphatic heterocycles. The van der Waals surface area contributed by atoms with Crippen LogP contribution in [0.25, 0.3) is 0 Å². The summed E-state index contributed by atoms with van der Waals surface area (Å²) in [7, 11) is 0. The van der Waals surface area contributed by atoms with Crippen LogP contribution < -0.4 is 5.32 Å². The molecule has 4 saturated carbocycles. The Labute approximate surface area is 214 Å². The van der Waals surface area contributed by atoms with E-state index >= 15 is 0 Å². The van der Waals surface area contributed by atoms with Crippen molar-refractivity contribution >= 4 is 11.9 Å². The summed E-state index contributed by atoms with van der Waals surface area (Å²) in [5.41, 5.74) is -0.0332. The first kappa shape index (κ1) is 27.8. The number of carboxylic acids is 1. The highest BCUT2D eigenvalue weighted by atomic mass is 16.4. The van der Waals surface area contributed by atoms with E-state index in [1.165, 1.54) is 6.92 Å². The van der Waals surface area contributed by atoms with Gasteiger partial charge in [-0.05, 0) is 105 Å². The quantitative estimate of drug-likeness (QED) is 0.309. The van der Waals surface area contributed by atoms with E-state index < -0.39 is 36.4 Å². The minimum atomic E-state index is -1.30. The Balaban J connectivity index is 1.44. The summed E-state index contributed by atoms with van der Waals surface area (Å²) in [6, 6.07) is -1.30. The highest BCUT2D eigenvalue weighted by Gasteiger charge is 2.65. The summed E-state index contributed by atoms with van der Waals surface area (Å²) in [4.78, 5) is 23.7. The van der Waals surface area contributed by atoms with E-state index in [0.717, 1.165) is 38.5 Å². The smallest absolute Gasteiger partial charge is 0.328 e. The van der Waals surface area contributed by atoms with Crippen LogP contribution in [0.4, 0.5) is 0 Å². The van der Waals surface area contributed by atoms with Crippen LogP contribution in [0.2, 0.25) is 0 Å². The molecule has 8 heteroatoms. The lowest BCUT2D eigenvalue weighted by molar-refractivity contribution is -0.223. The molecule has 0 spiro atoms. The Morgan fingerprint density at radius 1 is 0.917 bits per heavy atom. The monoisotopic (exact) mass is 509 g/mol. The topological polar surface area (TPSA) is 147 Å². The maximum atomic E-state index is 12.4. The van der Waals surface area contributed by atoms with E-state index in [9.17, 15) is 35.1 Å². The number of carboxylic acid groups (broad SMARTS) is 1. The molecule has 0 aromatic carbocycles. The van der Waals surface area contributed by atoms with Gasteiger partial charge in [0.05, 0.1) is 24.4 Å². The number of nitrogens with one attached hydrogen (secondary N) is 1. The number of carbonyl (C=O) groups is 2. The van der Waals surface area contributed by atoms with Crippen molar-refractivity contribution in [1.82, 2.24) is 5.32 Å². The summed E-state index contributed by atoms with van der Waals surface area (Å²) < 4.78 is 0. The molecule has 8 nitrogen and oxygen atoms in total. The predicted octanol–water partition coefficient (Wildman–Crippen LogP) is 2.31. The van der Waals surface area contributed by atoms with Crippen LogP contribution in [0.1, 0.15) is 85.5 Å². The van der Waals surface area contributed by atoms with E-state index in [1.54, 1.807) is 0 Å². The van der Waals surface area contributed by atoms with E-state index in [2.05, 4.69) is 26.1 Å². The van der Waals surface area contributed by atoms with Gasteiger partial charge in [-0.25, -0.2) is 4.79 Å². The second-order valence-corrected chi connectivity index (χ2v) is 13.2. The number of fused-ring (bicyclic) bond motifs is 5. The van der Waals surface area contributed by atoms with Crippen molar-refractivity contribution < 1.29 is 35.1 Å². The molecule has 2 unspecified atom stereocenters. The Morgan fingerprint density at radius 3 is 2.19 bits per heavy atom. The molecule has 4 aliphatic carbocycles. The molecule has 206 valence electrons. The molecule has 6 N–H and O–H groups in total. The average molecular weight is 510 g/mol. The van der Waals surface area contributed by atoms with Gasteiger partial charge < -0.3 is 30.8 Å². The number of hydrogen-bond acceptors (Lipinski definition) is 6. The Kier molecular flexibility index (Phi) is 7.84. The number of carbonyl (C=O) groups excluding carboxylic acids is 1. The van der Waals surface area contributed by atoms with Gasteiger partial charge in [0.15, 0.2) is 6.04 Å². The highest BCUT2D eigenvalue weighted by molar-refractivity contribution is 5.83. The van der Waals surface area contributed by atoms with E-state index in [1.807, 2.05) is 0 Å². The first-order valence-corrected chi connectivity index (χ1v) is 14.1. The number of aliphatic hydroxyl groups excluding tert-OH is 4. The standard InChI is InChI=1S/C28H47NO7/c1-14(5-8-21(32)29-23(15(2)30)26(35)36)17-6-7-18-22-19(10-12-27(17,18)3)28(4)11-9-16(31)13-20(28)24(33)25(22)34/h14-20,22-25,30-31,33-34H,5-13H2,1-4H3,(H,29,32)(H,35,36)/t14-,15?,16-,17-,18+,19+,20+,22+,23?,24+,25-,27-,28-/m1/s1. The Morgan fingerprint density at radius 2 is 1.56 bits per heavy atom. The highest BCUT2D eigenvalue weighted by Crippen LogP contribution is 2.68. The number of amides is 1. The molecule has 0 bridgehead atoms. The zero-order valence-corrected chi connectivity index (χ0v) is 22.3. The first-order valence-electron chi connectivity index (χ1n) is 14.1. The van der Waals surface area contributed by atoms with Crippen molar-refractivity contribution in [3.8, 4) is 0 Å². The van der Waals surface area contributed by atoms with Crippen molar-refractivity contribution in [3.63, 3.8) is 0 Å². The van der Waals surface area contributed by atoms with Gasteiger partial charge in [-0.15, -0.1) is 0 Å². The van der Waals surface area contributed by atoms with Gasteiger partial charge >= 0.3 is 5.97 Å². The molecule has 4 aliphatic rings. The van der Waals surface area contributed by atoms with Crippen LogP contribution in [-0.2, 0) is 9.59 Å². The molecular formula is C28H47NO7. The van der Waals surface area contributed by atoms with Gasteiger partial charge in [-0.3, -0.25) is 4.79 Å². The molecule has 1 amide bonds. The third kappa shape index (κ3) is 4.61. The first-order chi connectivity index (χ1) is 16.8. The molecule has 36 heavy (non-hydrogen) atoms. The van der Waals surface area contributed by atoms with E-state index in [4.69, 9.17) is 0 Å². The third-order valence-electron chi connectivity index (χ3n) is 11.4. The van der Waals surface area contributed by atoms with Crippen molar-refractivity contribution in [2.75, 3.05) is 0 Å². The van der Waals surface area contributed by atoms with E-state index in [-0.39, 0.29) is 40.9 Å². The van der Waals surface area contributed by atoms with Gasteiger partial charge in [0.25, 0.3) is 0 Å². The zero-order valence-electron chi connectivity index (χ0n) is 22.3.